The van der Waals surface area contributed by atoms with Crippen LogP contribution >= 0.6 is 0 Å². The maximum Gasteiger partial charge on any atom is 0.231 e. The first-order valence-corrected chi connectivity index (χ1v) is 12.3. The molecular weight excluding hydrogens is 454 g/mol. The quantitative estimate of drug-likeness (QED) is 0.205. The predicted molar refractivity (Wildman–Crippen MR) is 146 cm³/mol. The van der Waals surface area contributed by atoms with Crippen molar-refractivity contribution in [1.82, 2.24) is 4.98 Å². The van der Waals surface area contributed by atoms with Crippen LogP contribution < -0.4 is 19.6 Å². The molecule has 0 amide bonds. The van der Waals surface area contributed by atoms with Crippen LogP contribution in [0.15, 0.2) is 62.4 Å². The second-order valence-corrected chi connectivity index (χ2v) is 9.31. The highest BCUT2D eigenvalue weighted by molar-refractivity contribution is 5.81. The first-order chi connectivity index (χ1) is 17.2. The lowest BCUT2D eigenvalue weighted by Gasteiger charge is -2.15. The van der Waals surface area contributed by atoms with Crippen molar-refractivity contribution < 1.29 is 18.6 Å². The lowest BCUT2D eigenvalue weighted by Crippen LogP contribution is -2.14. The summed E-state index contributed by atoms with van der Waals surface area (Å²) in [5.41, 5.74) is 5.86. The third-order valence-corrected chi connectivity index (χ3v) is 6.11. The fourth-order valence-electron chi connectivity index (χ4n) is 3.97. The first kappa shape index (κ1) is 27.1. The minimum absolute atomic E-state index is 0.126. The van der Waals surface area contributed by atoms with Crippen LogP contribution in [0, 0.1) is 6.92 Å². The summed E-state index contributed by atoms with van der Waals surface area (Å²) in [6.07, 6.45) is 11.0. The molecule has 0 unspecified atom stereocenters. The zero-order valence-corrected chi connectivity index (χ0v) is 22.5. The van der Waals surface area contributed by atoms with Crippen LogP contribution in [0.25, 0.3) is 22.6 Å². The van der Waals surface area contributed by atoms with E-state index >= 15 is 0 Å². The van der Waals surface area contributed by atoms with Crippen LogP contribution in [0.1, 0.15) is 58.9 Å². The number of hydrogen-bond acceptors (Lipinski definition) is 6. The summed E-state index contributed by atoms with van der Waals surface area (Å²) in [7, 11) is 2.92. The Morgan fingerprint density at radius 1 is 0.944 bits per heavy atom. The van der Waals surface area contributed by atoms with E-state index in [4.69, 9.17) is 18.6 Å². The van der Waals surface area contributed by atoms with Crippen molar-refractivity contribution in [2.24, 2.45) is 0 Å². The molecule has 0 radical (unpaired) electrons. The van der Waals surface area contributed by atoms with Crippen molar-refractivity contribution in [2.45, 2.75) is 60.3 Å². The van der Waals surface area contributed by atoms with E-state index in [0.717, 1.165) is 25.7 Å². The average Bonchev–Trinajstić information content (AvgIpc) is 2.85. The monoisotopic (exact) mass is 491 g/mol. The fraction of sp³-hybridized carbons (Fsp3) is 0.400. The number of methoxy groups -OCH3 is 2. The van der Waals surface area contributed by atoms with Gasteiger partial charge in [-0.05, 0) is 78.5 Å². The standard InChI is InChI=1S/C30H37NO5/c1-19(2)10-8-11-20(3)12-9-13-21(4)16-17-35-23-14-15-24-25(18-23)36-28-22(5)27(32)30(34-7)29(33-6)26(28)31-24/h10,12,14-16,18H,8-9,11,13,17H2,1-7H3/b20-12+,21-16+. The summed E-state index contributed by atoms with van der Waals surface area (Å²) >= 11 is 0. The maximum absolute atomic E-state index is 12.7. The fourth-order valence-corrected chi connectivity index (χ4v) is 3.97. The molecule has 2 aliphatic rings. The minimum atomic E-state index is -0.280. The molecule has 0 spiro atoms. The van der Waals surface area contributed by atoms with Crippen LogP contribution in [0.2, 0.25) is 0 Å². The Morgan fingerprint density at radius 3 is 2.28 bits per heavy atom. The number of nitrogens with zero attached hydrogens (tertiary/aromatic N) is 1. The van der Waals surface area contributed by atoms with E-state index in [0.29, 0.717) is 40.5 Å². The molecule has 1 aliphatic carbocycles. The van der Waals surface area contributed by atoms with Crippen LogP contribution in [-0.2, 0) is 0 Å². The highest BCUT2D eigenvalue weighted by Crippen LogP contribution is 2.39. The molecule has 3 rings (SSSR count). The largest absolute Gasteiger partial charge is 0.491 e. The van der Waals surface area contributed by atoms with Crippen molar-refractivity contribution in [2.75, 3.05) is 20.8 Å². The smallest absolute Gasteiger partial charge is 0.231 e. The van der Waals surface area contributed by atoms with Crippen molar-refractivity contribution in [3.05, 3.63) is 68.9 Å². The molecule has 0 N–H and O–H groups in total. The van der Waals surface area contributed by atoms with E-state index in [1.165, 1.54) is 30.9 Å². The van der Waals surface area contributed by atoms with Crippen molar-refractivity contribution in [3.63, 3.8) is 0 Å². The maximum atomic E-state index is 12.7. The number of fused-ring (bicyclic) bond motifs is 2. The Labute approximate surface area is 213 Å². The molecule has 192 valence electrons. The molecule has 0 aromatic heterocycles. The average molecular weight is 492 g/mol. The number of hydrogen-bond donors (Lipinski definition) is 0. The van der Waals surface area contributed by atoms with Gasteiger partial charge >= 0.3 is 0 Å². The van der Waals surface area contributed by atoms with Gasteiger partial charge in [0.25, 0.3) is 0 Å². The molecular formula is C30H37NO5. The van der Waals surface area contributed by atoms with Gasteiger partial charge in [-0.15, -0.1) is 0 Å². The van der Waals surface area contributed by atoms with Gasteiger partial charge in [-0.25, -0.2) is 4.98 Å². The third-order valence-electron chi connectivity index (χ3n) is 6.11. The Kier molecular flexibility index (Phi) is 9.34. The highest BCUT2D eigenvalue weighted by atomic mass is 16.5. The Balaban J connectivity index is 1.68. The summed E-state index contributed by atoms with van der Waals surface area (Å²) in [6.45, 7) is 10.8. The third kappa shape index (κ3) is 6.56. The van der Waals surface area contributed by atoms with E-state index in [1.54, 1.807) is 13.0 Å². The lowest BCUT2D eigenvalue weighted by molar-refractivity contribution is 0.350. The van der Waals surface area contributed by atoms with E-state index in [-0.39, 0.29) is 16.9 Å². The van der Waals surface area contributed by atoms with Crippen molar-refractivity contribution in [1.29, 1.82) is 0 Å². The Bertz CT molecular complexity index is 1330. The van der Waals surface area contributed by atoms with Gasteiger partial charge < -0.3 is 18.6 Å². The number of allylic oxidation sites excluding steroid dienone is 5. The molecule has 1 heterocycles. The van der Waals surface area contributed by atoms with E-state index in [9.17, 15) is 4.79 Å². The molecule has 6 nitrogen and oxygen atoms in total. The normalized spacial score (nSPS) is 12.2. The van der Waals surface area contributed by atoms with Crippen LogP contribution in [-0.4, -0.2) is 25.8 Å². The van der Waals surface area contributed by atoms with Crippen molar-refractivity contribution in [3.8, 4) is 28.7 Å². The van der Waals surface area contributed by atoms with E-state index in [1.807, 2.05) is 12.1 Å². The zero-order valence-electron chi connectivity index (χ0n) is 22.5. The van der Waals surface area contributed by atoms with Gasteiger partial charge in [-0.1, -0.05) is 28.9 Å². The Hall–Kier alpha value is -3.54. The predicted octanol–water partition coefficient (Wildman–Crippen LogP) is 7.42. The second-order valence-electron chi connectivity index (χ2n) is 9.31. The summed E-state index contributed by atoms with van der Waals surface area (Å²) in [5, 5.41) is 0. The number of ether oxygens (including phenoxy) is 3. The number of benzene rings is 2. The molecule has 1 aromatic rings. The van der Waals surface area contributed by atoms with Gasteiger partial charge in [0.15, 0.2) is 22.8 Å². The van der Waals surface area contributed by atoms with E-state index in [2.05, 4.69) is 50.9 Å². The minimum Gasteiger partial charge on any atom is -0.491 e. The van der Waals surface area contributed by atoms with Gasteiger partial charge in [0.1, 0.15) is 17.9 Å². The molecule has 0 bridgehead atoms. The van der Waals surface area contributed by atoms with Gasteiger partial charge in [-0.2, -0.15) is 0 Å². The topological polar surface area (TPSA) is 70.8 Å². The van der Waals surface area contributed by atoms with Gasteiger partial charge in [-0.3, -0.25) is 4.79 Å². The molecule has 0 saturated heterocycles. The van der Waals surface area contributed by atoms with Gasteiger partial charge in [0, 0.05) is 11.6 Å². The van der Waals surface area contributed by atoms with Crippen LogP contribution in [0.5, 0.6) is 17.2 Å². The van der Waals surface area contributed by atoms with E-state index < -0.39 is 0 Å². The Morgan fingerprint density at radius 2 is 1.61 bits per heavy atom. The van der Waals surface area contributed by atoms with Gasteiger partial charge in [0.2, 0.25) is 11.2 Å². The molecule has 0 saturated carbocycles. The van der Waals surface area contributed by atoms with Gasteiger partial charge in [0.05, 0.1) is 14.2 Å². The number of aromatic nitrogens is 1. The molecule has 36 heavy (non-hydrogen) atoms. The SMILES string of the molecule is COc1c2nc3ccc(OC/C=C(\C)CC/C=C(\C)CCC=C(C)C)cc3oc-2c(C)c(=O)c1OC. The summed E-state index contributed by atoms with van der Waals surface area (Å²) < 4.78 is 22.7. The molecule has 6 heteroatoms. The highest BCUT2D eigenvalue weighted by Gasteiger charge is 2.26. The molecule has 0 fully saturated rings. The molecule has 1 aliphatic heterocycles. The zero-order chi connectivity index (χ0) is 26.2. The summed E-state index contributed by atoms with van der Waals surface area (Å²) in [4.78, 5) is 17.3. The molecule has 1 aromatic carbocycles. The summed E-state index contributed by atoms with van der Waals surface area (Å²) in [6, 6.07) is 5.49. The summed E-state index contributed by atoms with van der Waals surface area (Å²) in [5.74, 6) is 1.45. The van der Waals surface area contributed by atoms with Crippen LogP contribution in [0.3, 0.4) is 0 Å². The second kappa shape index (κ2) is 12.4. The first-order valence-electron chi connectivity index (χ1n) is 12.3. The van der Waals surface area contributed by atoms with Crippen molar-refractivity contribution >= 4 is 11.1 Å². The van der Waals surface area contributed by atoms with Crippen LogP contribution in [0.4, 0.5) is 0 Å². The number of rotatable bonds is 11. The lowest BCUT2D eigenvalue weighted by atomic mass is 10.1. The molecule has 0 atom stereocenters.